The number of carbonyl (C=O) groups is 2. The molecule has 0 spiro atoms. The van der Waals surface area contributed by atoms with E-state index >= 15 is 0 Å². The Hall–Kier alpha value is -2.16. The highest BCUT2D eigenvalue weighted by atomic mass is 16.6. The van der Waals surface area contributed by atoms with E-state index in [0.29, 0.717) is 11.1 Å². The first-order valence-electron chi connectivity index (χ1n) is 5.39. The first-order chi connectivity index (χ1) is 8.09. The van der Waals surface area contributed by atoms with Gasteiger partial charge in [-0.25, -0.2) is 9.59 Å². The molecule has 0 amide bonds. The summed E-state index contributed by atoms with van der Waals surface area (Å²) in [7, 11) is 0. The van der Waals surface area contributed by atoms with Crippen LogP contribution >= 0.6 is 0 Å². The van der Waals surface area contributed by atoms with Crippen LogP contribution in [0.1, 0.15) is 31.8 Å². The Morgan fingerprint density at radius 2 is 1.71 bits per heavy atom. The zero-order chi connectivity index (χ0) is 12.2. The van der Waals surface area contributed by atoms with Gasteiger partial charge < -0.3 is 4.74 Å². The largest absolute Gasteiger partial charge is 0.386 e. The van der Waals surface area contributed by atoms with E-state index in [1.54, 1.807) is 12.1 Å². The van der Waals surface area contributed by atoms with Gasteiger partial charge >= 0.3 is 11.9 Å². The second-order valence-electron chi connectivity index (χ2n) is 4.27. The first-order valence-corrected chi connectivity index (χ1v) is 5.39. The van der Waals surface area contributed by atoms with Crippen LogP contribution in [0.25, 0.3) is 10.8 Å². The number of aryl methyl sites for hydroxylation is 2. The summed E-state index contributed by atoms with van der Waals surface area (Å²) in [6.07, 6.45) is 0. The van der Waals surface area contributed by atoms with Crippen molar-refractivity contribution in [1.82, 2.24) is 0 Å². The van der Waals surface area contributed by atoms with Gasteiger partial charge in [-0.15, -0.1) is 0 Å². The summed E-state index contributed by atoms with van der Waals surface area (Å²) < 4.78 is 4.72. The second kappa shape index (κ2) is 3.17. The first kappa shape index (κ1) is 10.0. The van der Waals surface area contributed by atoms with Gasteiger partial charge in [0, 0.05) is 5.39 Å². The second-order valence-corrected chi connectivity index (χ2v) is 4.27. The number of rotatable bonds is 0. The Morgan fingerprint density at radius 1 is 1.00 bits per heavy atom. The highest BCUT2D eigenvalue weighted by Crippen LogP contribution is 2.32. The lowest BCUT2D eigenvalue weighted by atomic mass is 9.91. The molecule has 3 nitrogen and oxygen atoms in total. The number of cyclic esters (lactones) is 2. The lowest BCUT2D eigenvalue weighted by Crippen LogP contribution is -2.20. The molecule has 84 valence electrons. The fraction of sp³-hybridized carbons (Fsp3) is 0.143. The van der Waals surface area contributed by atoms with Crippen molar-refractivity contribution in [3.8, 4) is 0 Å². The van der Waals surface area contributed by atoms with E-state index in [4.69, 9.17) is 4.74 Å². The Labute approximate surface area is 98.0 Å². The zero-order valence-electron chi connectivity index (χ0n) is 9.53. The van der Waals surface area contributed by atoms with Crippen molar-refractivity contribution in [3.63, 3.8) is 0 Å². The molecule has 0 fully saturated rings. The number of hydrogen-bond donors (Lipinski definition) is 0. The molecule has 1 heterocycles. The SMILES string of the molecule is Cc1cc2c3c(cccc3c1C)C(=O)OC2=O. The van der Waals surface area contributed by atoms with Gasteiger partial charge in [0.15, 0.2) is 0 Å². The van der Waals surface area contributed by atoms with Crippen molar-refractivity contribution in [2.75, 3.05) is 0 Å². The molecule has 17 heavy (non-hydrogen) atoms. The van der Waals surface area contributed by atoms with E-state index in [-0.39, 0.29) is 0 Å². The van der Waals surface area contributed by atoms with Gasteiger partial charge in [0.25, 0.3) is 0 Å². The molecule has 0 atom stereocenters. The Bertz CT molecular complexity index is 683. The molecule has 0 N–H and O–H groups in total. The van der Waals surface area contributed by atoms with Crippen LogP contribution in [0, 0.1) is 13.8 Å². The molecular formula is C14H10O3. The average molecular weight is 226 g/mol. The minimum Gasteiger partial charge on any atom is -0.386 e. The molecule has 0 saturated carbocycles. The molecule has 0 aliphatic carbocycles. The predicted octanol–water partition coefficient (Wildman–Crippen LogP) is 2.77. The molecular weight excluding hydrogens is 216 g/mol. The molecule has 0 bridgehead atoms. The smallest absolute Gasteiger partial charge is 0.346 e. The van der Waals surface area contributed by atoms with Crippen molar-refractivity contribution in [2.24, 2.45) is 0 Å². The fourth-order valence-corrected chi connectivity index (χ4v) is 2.29. The molecule has 1 aliphatic rings. The average Bonchev–Trinajstić information content (AvgIpc) is 2.31. The minimum absolute atomic E-state index is 0.472. The van der Waals surface area contributed by atoms with Crippen molar-refractivity contribution in [2.45, 2.75) is 13.8 Å². The van der Waals surface area contributed by atoms with Gasteiger partial charge in [0.1, 0.15) is 0 Å². The van der Waals surface area contributed by atoms with Gasteiger partial charge in [-0.2, -0.15) is 0 Å². The number of hydrogen-bond acceptors (Lipinski definition) is 3. The maximum Gasteiger partial charge on any atom is 0.346 e. The molecule has 2 aromatic rings. The van der Waals surface area contributed by atoms with Crippen molar-refractivity contribution in [3.05, 3.63) is 46.5 Å². The third-order valence-electron chi connectivity index (χ3n) is 3.32. The van der Waals surface area contributed by atoms with E-state index in [0.717, 1.165) is 21.9 Å². The quantitative estimate of drug-likeness (QED) is 0.512. The van der Waals surface area contributed by atoms with Crippen molar-refractivity contribution < 1.29 is 14.3 Å². The van der Waals surface area contributed by atoms with Gasteiger partial charge in [-0.3, -0.25) is 0 Å². The van der Waals surface area contributed by atoms with Crippen LogP contribution in [0.5, 0.6) is 0 Å². The minimum atomic E-state index is -0.559. The molecule has 0 aromatic heterocycles. The van der Waals surface area contributed by atoms with E-state index in [2.05, 4.69) is 0 Å². The lowest BCUT2D eigenvalue weighted by Gasteiger charge is -2.17. The monoisotopic (exact) mass is 226 g/mol. The molecule has 0 saturated heterocycles. The number of carbonyl (C=O) groups excluding carboxylic acids is 2. The van der Waals surface area contributed by atoms with Crippen LogP contribution in [0.15, 0.2) is 24.3 Å². The number of esters is 2. The summed E-state index contributed by atoms with van der Waals surface area (Å²) in [5.74, 6) is -1.11. The van der Waals surface area contributed by atoms with Gasteiger partial charge in [0.2, 0.25) is 0 Å². The third-order valence-corrected chi connectivity index (χ3v) is 3.32. The lowest BCUT2D eigenvalue weighted by molar-refractivity contribution is 0.0391. The van der Waals surface area contributed by atoms with E-state index in [1.807, 2.05) is 26.0 Å². The molecule has 1 aliphatic heterocycles. The van der Waals surface area contributed by atoms with Crippen molar-refractivity contribution >= 4 is 22.7 Å². The summed E-state index contributed by atoms with van der Waals surface area (Å²) >= 11 is 0. The molecule has 3 rings (SSSR count). The highest BCUT2D eigenvalue weighted by Gasteiger charge is 2.27. The van der Waals surface area contributed by atoms with Crippen LogP contribution in [0.4, 0.5) is 0 Å². The maximum absolute atomic E-state index is 11.7. The molecule has 0 radical (unpaired) electrons. The standard InChI is InChI=1S/C14H10O3/c1-7-6-11-12-9(8(7)2)4-3-5-10(12)13(15)17-14(11)16/h3-6H,1-2H3. The van der Waals surface area contributed by atoms with E-state index in [1.165, 1.54) is 0 Å². The Kier molecular flexibility index (Phi) is 1.87. The molecule has 2 aromatic carbocycles. The van der Waals surface area contributed by atoms with Crippen LogP contribution in [-0.4, -0.2) is 11.9 Å². The predicted molar refractivity (Wildman–Crippen MR) is 63.2 cm³/mol. The highest BCUT2D eigenvalue weighted by molar-refractivity contribution is 6.21. The summed E-state index contributed by atoms with van der Waals surface area (Å²) in [4.78, 5) is 23.3. The van der Waals surface area contributed by atoms with Crippen LogP contribution in [-0.2, 0) is 4.74 Å². The fourth-order valence-electron chi connectivity index (χ4n) is 2.29. The van der Waals surface area contributed by atoms with Crippen molar-refractivity contribution in [1.29, 1.82) is 0 Å². The van der Waals surface area contributed by atoms with E-state index < -0.39 is 11.9 Å². The summed E-state index contributed by atoms with van der Waals surface area (Å²) in [5.41, 5.74) is 3.07. The molecule has 0 unspecified atom stereocenters. The maximum atomic E-state index is 11.7. The van der Waals surface area contributed by atoms with Gasteiger partial charge in [-0.1, -0.05) is 12.1 Å². The normalized spacial score (nSPS) is 14.0. The number of ether oxygens (including phenoxy) is 1. The Morgan fingerprint density at radius 3 is 2.47 bits per heavy atom. The van der Waals surface area contributed by atoms with Gasteiger partial charge in [-0.05, 0) is 42.5 Å². The van der Waals surface area contributed by atoms with Crippen LogP contribution in [0.2, 0.25) is 0 Å². The van der Waals surface area contributed by atoms with Crippen LogP contribution < -0.4 is 0 Å². The van der Waals surface area contributed by atoms with Crippen LogP contribution in [0.3, 0.4) is 0 Å². The van der Waals surface area contributed by atoms with E-state index in [9.17, 15) is 9.59 Å². The zero-order valence-corrected chi connectivity index (χ0v) is 9.53. The topological polar surface area (TPSA) is 43.4 Å². The third kappa shape index (κ3) is 1.22. The molecule has 3 heteroatoms. The summed E-state index contributed by atoms with van der Waals surface area (Å²) in [6, 6.07) is 7.22. The summed E-state index contributed by atoms with van der Waals surface area (Å²) in [5, 5.41) is 1.67. The Balaban J connectivity index is 2.59. The number of benzene rings is 2. The summed E-state index contributed by atoms with van der Waals surface area (Å²) in [6.45, 7) is 3.93. The van der Waals surface area contributed by atoms with Gasteiger partial charge in [0.05, 0.1) is 11.1 Å².